The van der Waals surface area contributed by atoms with Gasteiger partial charge >= 0.3 is 0 Å². The first-order valence-electron chi connectivity index (χ1n) is 15.0. The predicted octanol–water partition coefficient (Wildman–Crippen LogP) is 3.13. The van der Waals surface area contributed by atoms with Crippen LogP contribution >= 0.6 is 0 Å². The fourth-order valence-corrected chi connectivity index (χ4v) is 7.30. The minimum absolute atomic E-state index is 0.0852. The van der Waals surface area contributed by atoms with Crippen molar-refractivity contribution in [3.63, 3.8) is 0 Å². The molecule has 6 rings (SSSR count). The maximum Gasteiger partial charge on any atom is 0.252 e. The highest BCUT2D eigenvalue weighted by atomic mass is 16.7. The number of fused-ring (bicyclic) bond motifs is 2. The Morgan fingerprint density at radius 1 is 1.14 bits per heavy atom. The van der Waals surface area contributed by atoms with E-state index < -0.39 is 24.2 Å². The molecule has 8 heteroatoms. The average molecular weight is 574 g/mol. The zero-order chi connectivity index (χ0) is 30.0. The summed E-state index contributed by atoms with van der Waals surface area (Å²) in [5.74, 6) is 6.74. The molecule has 42 heavy (non-hydrogen) atoms. The van der Waals surface area contributed by atoms with Crippen LogP contribution in [0.5, 0.6) is 0 Å². The van der Waals surface area contributed by atoms with Gasteiger partial charge in [-0.15, -0.1) is 0 Å². The van der Waals surface area contributed by atoms with E-state index in [9.17, 15) is 19.8 Å². The van der Waals surface area contributed by atoms with Gasteiger partial charge in [-0.2, -0.15) is 5.06 Å². The van der Waals surface area contributed by atoms with Crippen LogP contribution in [0.3, 0.4) is 0 Å². The second kappa shape index (κ2) is 12.6. The summed E-state index contributed by atoms with van der Waals surface area (Å²) in [5.41, 5.74) is 2.55. The summed E-state index contributed by atoms with van der Waals surface area (Å²) in [5, 5.41) is 28.4. The first-order chi connectivity index (χ1) is 20.1. The van der Waals surface area contributed by atoms with Gasteiger partial charge in [0, 0.05) is 23.1 Å². The molecule has 0 spiro atoms. The van der Waals surface area contributed by atoms with E-state index in [4.69, 9.17) is 4.84 Å². The number of hydrogen-bond donors (Lipinski definition) is 4. The smallest absolute Gasteiger partial charge is 0.252 e. The van der Waals surface area contributed by atoms with E-state index in [-0.39, 0.29) is 37.6 Å². The van der Waals surface area contributed by atoms with Crippen molar-refractivity contribution in [3.8, 4) is 11.8 Å². The van der Waals surface area contributed by atoms with E-state index in [0.29, 0.717) is 28.7 Å². The normalized spacial score (nSPS) is 30.4. The summed E-state index contributed by atoms with van der Waals surface area (Å²) in [7, 11) is 0. The summed E-state index contributed by atoms with van der Waals surface area (Å²) in [6.45, 7) is 8.75. The average Bonchev–Trinajstić information content (AvgIpc) is 3.35. The van der Waals surface area contributed by atoms with E-state index in [1.54, 1.807) is 24.1 Å². The van der Waals surface area contributed by atoms with Gasteiger partial charge in [-0.05, 0) is 72.8 Å². The Kier molecular flexibility index (Phi) is 9.05. The third kappa shape index (κ3) is 6.11. The van der Waals surface area contributed by atoms with Gasteiger partial charge in [-0.25, -0.2) is 0 Å². The third-order valence-electron chi connectivity index (χ3n) is 9.90. The highest BCUT2D eigenvalue weighted by Crippen LogP contribution is 2.61. The van der Waals surface area contributed by atoms with E-state index in [2.05, 4.69) is 43.2 Å². The second-order valence-electron chi connectivity index (χ2n) is 12.8. The monoisotopic (exact) mass is 573 g/mol. The van der Waals surface area contributed by atoms with Gasteiger partial charge in [0.15, 0.2) is 0 Å². The van der Waals surface area contributed by atoms with Gasteiger partial charge in [-0.1, -0.05) is 62.9 Å². The molecule has 224 valence electrons. The highest BCUT2D eigenvalue weighted by molar-refractivity contribution is 5.94. The van der Waals surface area contributed by atoms with Gasteiger partial charge in [0.25, 0.3) is 5.91 Å². The van der Waals surface area contributed by atoms with Crippen molar-refractivity contribution in [3.05, 3.63) is 71.3 Å². The van der Waals surface area contributed by atoms with E-state index in [1.807, 2.05) is 42.5 Å². The number of amides is 2. The zero-order valence-electron chi connectivity index (χ0n) is 24.9. The summed E-state index contributed by atoms with van der Waals surface area (Å²) < 4.78 is 0. The fourth-order valence-electron chi connectivity index (χ4n) is 7.30. The van der Waals surface area contributed by atoms with Crippen LogP contribution < -0.4 is 10.6 Å². The van der Waals surface area contributed by atoms with Crippen molar-refractivity contribution in [1.82, 2.24) is 15.7 Å². The molecule has 0 aromatic heterocycles. The van der Waals surface area contributed by atoms with Gasteiger partial charge in [-0.3, -0.25) is 14.4 Å². The highest BCUT2D eigenvalue weighted by Gasteiger charge is 2.57. The molecule has 4 aliphatic rings. The Labute approximate surface area is 248 Å². The predicted molar refractivity (Wildman–Crippen MR) is 160 cm³/mol. The fraction of sp³-hybridized carbons (Fsp3) is 0.529. The number of aliphatic hydroxyl groups is 2. The quantitative estimate of drug-likeness (QED) is 0.361. The van der Waals surface area contributed by atoms with Crippen LogP contribution in [0.2, 0.25) is 0 Å². The van der Waals surface area contributed by atoms with Gasteiger partial charge in [0.2, 0.25) is 5.91 Å². The molecule has 2 aromatic rings. The molecule has 0 radical (unpaired) electrons. The standard InChI is InChI=1S/C34H43N3O5/c1-21-28-17-26(34(28,3)4)18-29(21)36-33(41)30-27(20-38)31(22(2)39)42-37(30)19-24-11-8-10-23(16-24)12-9-15-35-32(40)25-13-6-5-7-14-25/h5-8,10-11,13-14,16,21-22,26-31,38-39H,15,17-20H2,1-4H3,(H,35,40)(H,36,41)/t21-,22-,26?,27-,28?,29-,30-,31+/m0/s1. The lowest BCUT2D eigenvalue weighted by molar-refractivity contribution is -0.193. The molecule has 1 aliphatic heterocycles. The number of aliphatic hydroxyl groups excluding tert-OH is 2. The van der Waals surface area contributed by atoms with Crippen LogP contribution in [0.4, 0.5) is 0 Å². The molecule has 3 aliphatic carbocycles. The van der Waals surface area contributed by atoms with Gasteiger partial charge in [0.05, 0.1) is 25.8 Å². The Morgan fingerprint density at radius 3 is 2.57 bits per heavy atom. The lowest BCUT2D eigenvalue weighted by atomic mass is 9.45. The van der Waals surface area contributed by atoms with Crippen LogP contribution in [0.1, 0.15) is 62.0 Å². The van der Waals surface area contributed by atoms with Crippen LogP contribution in [0.25, 0.3) is 0 Å². The Bertz CT molecular complexity index is 1330. The first kappa shape index (κ1) is 30.2. The number of nitrogens with one attached hydrogen (secondary N) is 2. The lowest BCUT2D eigenvalue weighted by Crippen LogP contribution is -2.62. The maximum absolute atomic E-state index is 13.8. The molecule has 3 saturated carbocycles. The van der Waals surface area contributed by atoms with E-state index in [1.165, 1.54) is 6.42 Å². The topological polar surface area (TPSA) is 111 Å². The van der Waals surface area contributed by atoms with Gasteiger partial charge < -0.3 is 20.8 Å². The molecule has 4 fully saturated rings. The molecule has 8 nitrogen and oxygen atoms in total. The first-order valence-corrected chi connectivity index (χ1v) is 15.0. The Balaban J connectivity index is 1.26. The number of carbonyl (C=O) groups is 2. The molecule has 1 saturated heterocycles. The van der Waals surface area contributed by atoms with Crippen molar-refractivity contribution < 1.29 is 24.6 Å². The van der Waals surface area contributed by atoms with Crippen LogP contribution in [-0.4, -0.2) is 64.5 Å². The van der Waals surface area contributed by atoms with Crippen LogP contribution in [0, 0.1) is 40.9 Å². The Morgan fingerprint density at radius 2 is 1.90 bits per heavy atom. The summed E-state index contributed by atoms with van der Waals surface area (Å²) in [6, 6.07) is 16.0. The third-order valence-corrected chi connectivity index (χ3v) is 9.90. The zero-order valence-corrected chi connectivity index (χ0v) is 24.9. The molecule has 4 N–H and O–H groups in total. The number of hydroxylamine groups is 2. The SMILES string of the molecule is C[C@H](O)[C@H]1ON(Cc2cccc(C#CCNC(=O)c3ccccc3)c2)[C@H](C(=O)N[C@H]2CC3CC([C@@H]2C)C3(C)C)[C@@H]1CO. The summed E-state index contributed by atoms with van der Waals surface area (Å²) in [6.07, 6.45) is 0.632. The van der Waals surface area contributed by atoms with Crippen molar-refractivity contribution in [2.45, 2.75) is 71.4 Å². The molecule has 1 heterocycles. The largest absolute Gasteiger partial charge is 0.396 e. The molecule has 2 aromatic carbocycles. The van der Waals surface area contributed by atoms with Crippen molar-refractivity contribution >= 4 is 11.8 Å². The Hall–Kier alpha value is -3.22. The second-order valence-corrected chi connectivity index (χ2v) is 12.8. The lowest BCUT2D eigenvalue weighted by Gasteiger charge is -2.62. The molecule has 8 atom stereocenters. The molecule has 2 amide bonds. The van der Waals surface area contributed by atoms with Crippen molar-refractivity contribution in [1.29, 1.82) is 0 Å². The summed E-state index contributed by atoms with van der Waals surface area (Å²) >= 11 is 0. The van der Waals surface area contributed by atoms with Gasteiger partial charge in [0.1, 0.15) is 12.1 Å². The maximum atomic E-state index is 13.8. The number of nitrogens with zero attached hydrogens (tertiary/aromatic N) is 1. The minimum atomic E-state index is -0.854. The number of hydrogen-bond acceptors (Lipinski definition) is 6. The van der Waals surface area contributed by atoms with E-state index in [0.717, 1.165) is 17.5 Å². The van der Waals surface area contributed by atoms with Crippen LogP contribution in [-0.2, 0) is 16.2 Å². The van der Waals surface area contributed by atoms with Crippen LogP contribution in [0.15, 0.2) is 54.6 Å². The molecule has 2 bridgehead atoms. The summed E-state index contributed by atoms with van der Waals surface area (Å²) in [4.78, 5) is 32.2. The molecular formula is C34H43N3O5. The molecular weight excluding hydrogens is 530 g/mol. The van der Waals surface area contributed by atoms with Crippen molar-refractivity contribution in [2.24, 2.45) is 29.1 Å². The number of rotatable bonds is 8. The number of benzene rings is 2. The molecule has 2 unspecified atom stereocenters. The number of carbonyl (C=O) groups excluding carboxylic acids is 2. The van der Waals surface area contributed by atoms with E-state index >= 15 is 0 Å². The van der Waals surface area contributed by atoms with Crippen molar-refractivity contribution in [2.75, 3.05) is 13.2 Å². The minimum Gasteiger partial charge on any atom is -0.396 e.